The Hall–Kier alpha value is -1.51. The highest BCUT2D eigenvalue weighted by atomic mass is 19.4. The maximum absolute atomic E-state index is 12.2. The van der Waals surface area contributed by atoms with Crippen LogP contribution in [-0.4, -0.2) is 69.3 Å². The summed E-state index contributed by atoms with van der Waals surface area (Å²) in [5.41, 5.74) is 0. The highest BCUT2D eigenvalue weighted by Crippen LogP contribution is 2.28. The molecule has 1 fully saturated rings. The first kappa shape index (κ1) is 20.5. The van der Waals surface area contributed by atoms with Crippen molar-refractivity contribution in [2.45, 2.75) is 32.4 Å². The second-order valence-electron chi connectivity index (χ2n) is 5.96. The van der Waals surface area contributed by atoms with Gasteiger partial charge in [-0.2, -0.15) is 13.2 Å². The lowest BCUT2D eigenvalue weighted by Crippen LogP contribution is -2.42. The first-order valence-corrected chi connectivity index (χ1v) is 8.37. The molecule has 0 saturated heterocycles. The number of carbonyl (C=O) groups excluding carboxylic acids is 1. The van der Waals surface area contributed by atoms with Crippen molar-refractivity contribution in [1.29, 1.82) is 0 Å². The summed E-state index contributed by atoms with van der Waals surface area (Å²) in [7, 11) is 1.45. The van der Waals surface area contributed by atoms with Crippen molar-refractivity contribution in [3.8, 4) is 0 Å². The molecule has 0 aromatic rings. The van der Waals surface area contributed by atoms with E-state index < -0.39 is 12.7 Å². The van der Waals surface area contributed by atoms with E-state index in [1.165, 1.54) is 11.9 Å². The molecule has 1 saturated carbocycles. The lowest BCUT2D eigenvalue weighted by atomic mass is 10.4. The molecule has 0 aromatic heterocycles. The van der Waals surface area contributed by atoms with Gasteiger partial charge in [-0.05, 0) is 39.8 Å². The Balaban J connectivity index is 2.17. The lowest BCUT2D eigenvalue weighted by Gasteiger charge is -2.18. The smallest absolute Gasteiger partial charge is 0.357 e. The van der Waals surface area contributed by atoms with E-state index in [0.717, 1.165) is 12.8 Å². The number of amides is 1. The van der Waals surface area contributed by atoms with E-state index in [0.29, 0.717) is 45.1 Å². The van der Waals surface area contributed by atoms with Gasteiger partial charge < -0.3 is 16.0 Å². The van der Waals surface area contributed by atoms with Gasteiger partial charge in [0.15, 0.2) is 5.96 Å². The molecule has 0 unspecified atom stereocenters. The third kappa shape index (κ3) is 10.3. The molecule has 1 aliphatic rings. The average Bonchev–Trinajstić information content (AvgIpc) is 3.30. The fourth-order valence-electron chi connectivity index (χ4n) is 2.11. The molecule has 0 aliphatic heterocycles. The molecule has 1 rings (SSSR count). The van der Waals surface area contributed by atoms with Crippen molar-refractivity contribution in [2.24, 2.45) is 10.9 Å². The molecule has 1 aliphatic carbocycles. The number of hydrogen-bond donors (Lipinski definition) is 3. The highest BCUT2D eigenvalue weighted by molar-refractivity contribution is 5.81. The van der Waals surface area contributed by atoms with E-state index in [-0.39, 0.29) is 11.8 Å². The minimum absolute atomic E-state index is 0.103. The Morgan fingerprint density at radius 1 is 1.21 bits per heavy atom. The number of alkyl halides is 3. The standard InChI is InChI=1S/C15H28F3N5O/c1-3-19-14(22-9-8-20-13(24)12-5-6-12)21-7-4-10-23(2)11-15(16,17)18/h12H,3-11H2,1-2H3,(H,20,24)(H2,19,21,22). The predicted octanol–water partition coefficient (Wildman–Crippen LogP) is 0.952. The Bertz CT molecular complexity index is 410. The van der Waals surface area contributed by atoms with E-state index in [2.05, 4.69) is 20.9 Å². The minimum atomic E-state index is -4.17. The number of guanidine groups is 1. The van der Waals surface area contributed by atoms with Gasteiger partial charge in [0.05, 0.1) is 6.54 Å². The second-order valence-corrected chi connectivity index (χ2v) is 5.96. The molecule has 0 aromatic carbocycles. The van der Waals surface area contributed by atoms with Gasteiger partial charge in [-0.25, -0.2) is 0 Å². The first-order chi connectivity index (χ1) is 11.3. The Kier molecular flexibility index (Phi) is 8.88. The number of rotatable bonds is 10. The van der Waals surface area contributed by atoms with Crippen LogP contribution in [0.15, 0.2) is 4.99 Å². The van der Waals surface area contributed by atoms with Gasteiger partial charge in [-0.1, -0.05) is 0 Å². The van der Waals surface area contributed by atoms with E-state index >= 15 is 0 Å². The van der Waals surface area contributed by atoms with E-state index in [9.17, 15) is 18.0 Å². The van der Waals surface area contributed by atoms with Gasteiger partial charge in [0.2, 0.25) is 5.91 Å². The highest BCUT2D eigenvalue weighted by Gasteiger charge is 2.29. The minimum Gasteiger partial charge on any atom is -0.357 e. The topological polar surface area (TPSA) is 68.8 Å². The number of nitrogens with zero attached hydrogens (tertiary/aromatic N) is 2. The Labute approximate surface area is 141 Å². The van der Waals surface area contributed by atoms with E-state index in [4.69, 9.17) is 0 Å². The maximum Gasteiger partial charge on any atom is 0.401 e. The largest absolute Gasteiger partial charge is 0.401 e. The van der Waals surface area contributed by atoms with Crippen LogP contribution in [0.5, 0.6) is 0 Å². The monoisotopic (exact) mass is 351 g/mol. The zero-order valence-corrected chi connectivity index (χ0v) is 14.4. The molecule has 9 heteroatoms. The summed E-state index contributed by atoms with van der Waals surface area (Å²) in [5, 5.41) is 9.01. The van der Waals surface area contributed by atoms with Crippen LogP contribution in [0.2, 0.25) is 0 Å². The maximum atomic E-state index is 12.2. The number of halogens is 3. The summed E-state index contributed by atoms with van der Waals surface area (Å²) in [6, 6.07) is 0. The first-order valence-electron chi connectivity index (χ1n) is 8.37. The summed E-state index contributed by atoms with van der Waals surface area (Å²) < 4.78 is 36.6. The number of nitrogens with one attached hydrogen (secondary N) is 3. The fraction of sp³-hybridized carbons (Fsp3) is 0.867. The normalized spacial score (nSPS) is 15.5. The fourth-order valence-corrected chi connectivity index (χ4v) is 2.11. The van der Waals surface area contributed by atoms with Gasteiger partial charge in [-0.15, -0.1) is 0 Å². The van der Waals surface area contributed by atoms with Crippen LogP contribution in [-0.2, 0) is 4.79 Å². The summed E-state index contributed by atoms with van der Waals surface area (Å²) in [6.45, 7) is 3.56. The number of aliphatic imine (C=N–C) groups is 1. The predicted molar refractivity (Wildman–Crippen MR) is 87.9 cm³/mol. The molecular weight excluding hydrogens is 323 g/mol. The van der Waals surface area contributed by atoms with Gasteiger partial charge in [-0.3, -0.25) is 14.7 Å². The molecule has 0 heterocycles. The molecular formula is C15H28F3N5O. The second kappa shape index (κ2) is 10.4. The van der Waals surface area contributed by atoms with Crippen molar-refractivity contribution in [3.05, 3.63) is 0 Å². The lowest BCUT2D eigenvalue weighted by molar-refractivity contribution is -0.143. The van der Waals surface area contributed by atoms with Crippen LogP contribution in [0, 0.1) is 5.92 Å². The summed E-state index contributed by atoms with van der Waals surface area (Å²) in [6.07, 6.45) is -1.67. The molecule has 3 N–H and O–H groups in total. The van der Waals surface area contributed by atoms with Crippen LogP contribution >= 0.6 is 0 Å². The van der Waals surface area contributed by atoms with E-state index in [1.807, 2.05) is 6.92 Å². The van der Waals surface area contributed by atoms with Crippen molar-refractivity contribution in [2.75, 3.05) is 46.3 Å². The van der Waals surface area contributed by atoms with Gasteiger partial charge in [0, 0.05) is 32.1 Å². The SMILES string of the molecule is CCNC(=NCCCN(C)CC(F)(F)F)NCCNC(=O)C1CC1. The number of carbonyl (C=O) groups is 1. The third-order valence-corrected chi connectivity index (χ3v) is 3.43. The van der Waals surface area contributed by atoms with Crippen LogP contribution in [0.3, 0.4) is 0 Å². The zero-order valence-electron chi connectivity index (χ0n) is 14.4. The summed E-state index contributed by atoms with van der Waals surface area (Å²) >= 11 is 0. The van der Waals surface area contributed by atoms with E-state index in [1.54, 1.807) is 0 Å². The van der Waals surface area contributed by atoms with Crippen molar-refractivity contribution >= 4 is 11.9 Å². The van der Waals surface area contributed by atoms with Crippen LogP contribution in [0.4, 0.5) is 13.2 Å². The molecule has 0 bridgehead atoms. The average molecular weight is 351 g/mol. The quantitative estimate of drug-likeness (QED) is 0.311. The van der Waals surface area contributed by atoms with Crippen molar-refractivity contribution in [1.82, 2.24) is 20.9 Å². The van der Waals surface area contributed by atoms with Gasteiger partial charge >= 0.3 is 6.18 Å². The van der Waals surface area contributed by atoms with Crippen LogP contribution < -0.4 is 16.0 Å². The molecule has 0 atom stereocenters. The van der Waals surface area contributed by atoms with Crippen molar-refractivity contribution in [3.63, 3.8) is 0 Å². The molecule has 0 spiro atoms. The Morgan fingerprint density at radius 2 is 1.88 bits per heavy atom. The summed E-state index contributed by atoms with van der Waals surface area (Å²) in [4.78, 5) is 17.0. The summed E-state index contributed by atoms with van der Waals surface area (Å²) in [5.74, 6) is 0.906. The number of hydrogen-bond acceptors (Lipinski definition) is 3. The third-order valence-electron chi connectivity index (χ3n) is 3.43. The molecule has 6 nitrogen and oxygen atoms in total. The van der Waals surface area contributed by atoms with Crippen LogP contribution in [0.25, 0.3) is 0 Å². The molecule has 0 radical (unpaired) electrons. The van der Waals surface area contributed by atoms with Crippen molar-refractivity contribution < 1.29 is 18.0 Å². The van der Waals surface area contributed by atoms with Gasteiger partial charge in [0.1, 0.15) is 0 Å². The molecule has 1 amide bonds. The van der Waals surface area contributed by atoms with Gasteiger partial charge in [0.25, 0.3) is 0 Å². The van der Waals surface area contributed by atoms with Crippen LogP contribution in [0.1, 0.15) is 26.2 Å². The zero-order chi connectivity index (χ0) is 18.0. The molecule has 24 heavy (non-hydrogen) atoms. The Morgan fingerprint density at radius 3 is 2.46 bits per heavy atom. The molecule has 140 valence electrons.